The van der Waals surface area contributed by atoms with Gasteiger partial charge < -0.3 is 24.7 Å². The highest BCUT2D eigenvalue weighted by molar-refractivity contribution is 5.81. The fourth-order valence-electron chi connectivity index (χ4n) is 1.25. The molecule has 0 spiro atoms. The summed E-state index contributed by atoms with van der Waals surface area (Å²) in [5.41, 5.74) is -0.731. The van der Waals surface area contributed by atoms with Crippen molar-refractivity contribution in [1.82, 2.24) is 5.32 Å². The van der Waals surface area contributed by atoms with E-state index in [1.54, 1.807) is 20.8 Å². The van der Waals surface area contributed by atoms with E-state index in [-0.39, 0.29) is 13.2 Å². The van der Waals surface area contributed by atoms with Gasteiger partial charge in [-0.3, -0.25) is 0 Å². The SMILES string of the molecule is CC(C)(C)OC(=O)NC(CO)C(=O)OCCCCO[N+](=O)[O-]. The van der Waals surface area contributed by atoms with E-state index in [9.17, 15) is 19.7 Å². The molecule has 0 aromatic carbocycles. The third kappa shape index (κ3) is 10.7. The van der Waals surface area contributed by atoms with Crippen LogP contribution in [0, 0.1) is 10.1 Å². The van der Waals surface area contributed by atoms with Crippen molar-refractivity contribution in [3.05, 3.63) is 10.1 Å². The van der Waals surface area contributed by atoms with Crippen molar-refractivity contribution < 1.29 is 34.1 Å². The van der Waals surface area contributed by atoms with Gasteiger partial charge in [-0.2, -0.15) is 0 Å². The van der Waals surface area contributed by atoms with Gasteiger partial charge in [0.25, 0.3) is 5.09 Å². The number of nitrogens with zero attached hydrogens (tertiary/aromatic N) is 1. The maximum Gasteiger partial charge on any atom is 0.408 e. The zero-order chi connectivity index (χ0) is 17.2. The number of alkyl carbamates (subject to hydrolysis) is 1. The molecule has 0 aliphatic rings. The molecular formula is C12H22N2O8. The predicted octanol–water partition coefficient (Wildman–Crippen LogP) is 0.404. The van der Waals surface area contributed by atoms with Gasteiger partial charge in [-0.05, 0) is 33.6 Å². The number of aliphatic hydroxyl groups is 1. The van der Waals surface area contributed by atoms with Crippen LogP contribution in [0.2, 0.25) is 0 Å². The first-order chi connectivity index (χ1) is 10.2. The minimum Gasteiger partial charge on any atom is -0.464 e. The molecule has 0 rings (SSSR count). The normalized spacial score (nSPS) is 12.2. The Labute approximate surface area is 127 Å². The lowest BCUT2D eigenvalue weighted by Gasteiger charge is -2.22. The summed E-state index contributed by atoms with van der Waals surface area (Å²) < 4.78 is 9.79. The number of aliphatic hydroxyl groups excluding tert-OH is 1. The van der Waals surface area contributed by atoms with Crippen molar-refractivity contribution in [2.45, 2.75) is 45.3 Å². The lowest BCUT2D eigenvalue weighted by atomic mass is 10.2. The Morgan fingerprint density at radius 2 is 1.86 bits per heavy atom. The summed E-state index contributed by atoms with van der Waals surface area (Å²) in [5.74, 6) is -0.816. The number of esters is 1. The highest BCUT2D eigenvalue weighted by Gasteiger charge is 2.24. The largest absolute Gasteiger partial charge is 0.464 e. The van der Waals surface area contributed by atoms with E-state index in [2.05, 4.69) is 10.2 Å². The Hall–Kier alpha value is -2.10. The zero-order valence-electron chi connectivity index (χ0n) is 12.9. The van der Waals surface area contributed by atoms with E-state index in [1.165, 1.54) is 0 Å². The van der Waals surface area contributed by atoms with Gasteiger partial charge in [0.05, 0.1) is 19.8 Å². The number of hydrogen-bond donors (Lipinski definition) is 2. The third-order valence-electron chi connectivity index (χ3n) is 2.14. The van der Waals surface area contributed by atoms with Crippen LogP contribution in [0.4, 0.5) is 4.79 Å². The average molecular weight is 322 g/mol. The quantitative estimate of drug-likeness (QED) is 0.269. The Balaban J connectivity index is 4.00. The van der Waals surface area contributed by atoms with Crippen LogP contribution in [0.5, 0.6) is 0 Å². The molecule has 0 aromatic heterocycles. The van der Waals surface area contributed by atoms with Crippen LogP contribution in [-0.4, -0.2) is 53.7 Å². The standard InChI is InChI=1S/C12H22N2O8/c1-12(2,3)22-11(17)13-9(8-15)10(16)20-6-4-5-7-21-14(18)19/h9,15H,4-8H2,1-3H3,(H,13,17). The smallest absolute Gasteiger partial charge is 0.408 e. The number of rotatable bonds is 9. The number of unbranched alkanes of at least 4 members (excludes halogenated alkanes) is 1. The van der Waals surface area contributed by atoms with E-state index in [0.717, 1.165) is 0 Å². The number of carbonyl (C=O) groups excluding carboxylic acids is 2. The number of hydrogen-bond acceptors (Lipinski definition) is 8. The van der Waals surface area contributed by atoms with Gasteiger partial charge in [-0.15, -0.1) is 10.1 Å². The first kappa shape index (κ1) is 19.9. The summed E-state index contributed by atoms with van der Waals surface area (Å²) in [5, 5.41) is 20.3. The van der Waals surface area contributed by atoms with Crippen LogP contribution in [0.3, 0.4) is 0 Å². The molecule has 0 bridgehead atoms. The van der Waals surface area contributed by atoms with Gasteiger partial charge in [-0.1, -0.05) is 0 Å². The Morgan fingerprint density at radius 1 is 1.27 bits per heavy atom. The molecule has 10 heteroatoms. The van der Waals surface area contributed by atoms with E-state index in [0.29, 0.717) is 12.8 Å². The monoisotopic (exact) mass is 322 g/mol. The second-order valence-electron chi connectivity index (χ2n) is 5.31. The minimum atomic E-state index is -1.23. The van der Waals surface area contributed by atoms with Crippen molar-refractivity contribution in [1.29, 1.82) is 0 Å². The summed E-state index contributed by atoms with van der Waals surface area (Å²) >= 11 is 0. The molecule has 1 atom stereocenters. The van der Waals surface area contributed by atoms with E-state index < -0.39 is 35.4 Å². The first-order valence-corrected chi connectivity index (χ1v) is 6.70. The Morgan fingerprint density at radius 3 is 2.36 bits per heavy atom. The number of carbonyl (C=O) groups is 2. The van der Waals surface area contributed by atoms with Crippen LogP contribution in [0.15, 0.2) is 0 Å². The molecular weight excluding hydrogens is 300 g/mol. The van der Waals surface area contributed by atoms with Gasteiger partial charge in [0.15, 0.2) is 6.04 Å². The van der Waals surface area contributed by atoms with Gasteiger partial charge in [0.1, 0.15) is 5.60 Å². The fraction of sp³-hybridized carbons (Fsp3) is 0.833. The van der Waals surface area contributed by atoms with Crippen molar-refractivity contribution >= 4 is 12.1 Å². The molecule has 0 saturated carbocycles. The lowest BCUT2D eigenvalue weighted by Crippen LogP contribution is -2.46. The third-order valence-corrected chi connectivity index (χ3v) is 2.14. The maximum absolute atomic E-state index is 11.6. The second kappa shape index (κ2) is 9.77. The summed E-state index contributed by atoms with van der Waals surface area (Å²) in [7, 11) is 0. The predicted molar refractivity (Wildman–Crippen MR) is 73.4 cm³/mol. The molecule has 22 heavy (non-hydrogen) atoms. The molecule has 0 saturated heterocycles. The van der Waals surface area contributed by atoms with Crippen LogP contribution < -0.4 is 5.32 Å². The molecule has 0 aliphatic heterocycles. The zero-order valence-corrected chi connectivity index (χ0v) is 12.9. The van der Waals surface area contributed by atoms with Crippen LogP contribution in [-0.2, 0) is 19.1 Å². The molecule has 0 heterocycles. The molecule has 0 aromatic rings. The van der Waals surface area contributed by atoms with Crippen molar-refractivity contribution in [2.24, 2.45) is 0 Å². The van der Waals surface area contributed by atoms with E-state index in [4.69, 9.17) is 14.6 Å². The van der Waals surface area contributed by atoms with Gasteiger partial charge >= 0.3 is 12.1 Å². The molecule has 0 radical (unpaired) electrons. The van der Waals surface area contributed by atoms with Crippen LogP contribution >= 0.6 is 0 Å². The number of ether oxygens (including phenoxy) is 2. The van der Waals surface area contributed by atoms with Crippen LogP contribution in [0.1, 0.15) is 33.6 Å². The van der Waals surface area contributed by atoms with Crippen molar-refractivity contribution in [3.8, 4) is 0 Å². The molecule has 1 amide bonds. The van der Waals surface area contributed by atoms with E-state index in [1.807, 2.05) is 0 Å². The van der Waals surface area contributed by atoms with Crippen LogP contribution in [0.25, 0.3) is 0 Å². The van der Waals surface area contributed by atoms with Crippen molar-refractivity contribution in [2.75, 3.05) is 19.8 Å². The highest BCUT2D eigenvalue weighted by Crippen LogP contribution is 2.07. The summed E-state index contributed by atoms with van der Waals surface area (Å²) in [6.45, 7) is 4.24. The van der Waals surface area contributed by atoms with Crippen molar-refractivity contribution in [3.63, 3.8) is 0 Å². The lowest BCUT2D eigenvalue weighted by molar-refractivity contribution is -0.757. The molecule has 0 aliphatic carbocycles. The molecule has 1 unspecified atom stereocenters. The summed E-state index contributed by atoms with van der Waals surface area (Å²) in [4.78, 5) is 37.1. The second-order valence-corrected chi connectivity index (χ2v) is 5.31. The first-order valence-electron chi connectivity index (χ1n) is 6.70. The average Bonchev–Trinajstić information content (AvgIpc) is 2.37. The molecule has 0 fully saturated rings. The van der Waals surface area contributed by atoms with E-state index >= 15 is 0 Å². The molecule has 10 nitrogen and oxygen atoms in total. The summed E-state index contributed by atoms with van der Waals surface area (Å²) in [6.07, 6.45) is -0.162. The number of nitrogens with one attached hydrogen (secondary N) is 1. The molecule has 128 valence electrons. The Kier molecular flexibility index (Phi) is 8.83. The maximum atomic E-state index is 11.6. The van der Waals surface area contributed by atoms with Gasteiger partial charge in [0.2, 0.25) is 0 Å². The van der Waals surface area contributed by atoms with Gasteiger partial charge in [0, 0.05) is 0 Å². The molecule has 2 N–H and O–H groups in total. The summed E-state index contributed by atoms with van der Waals surface area (Å²) in [6, 6.07) is -1.23. The number of amides is 1. The topological polar surface area (TPSA) is 137 Å². The highest BCUT2D eigenvalue weighted by atomic mass is 16.9. The van der Waals surface area contributed by atoms with Gasteiger partial charge in [-0.25, -0.2) is 9.59 Å². The fourth-order valence-corrected chi connectivity index (χ4v) is 1.25. The minimum absolute atomic E-state index is 0.00753. The Bertz CT molecular complexity index is 380.